The van der Waals surface area contributed by atoms with Gasteiger partial charge in [0.25, 0.3) is 5.56 Å². The highest BCUT2D eigenvalue weighted by molar-refractivity contribution is 8.00. The Bertz CT molecular complexity index is 1330. The topological polar surface area (TPSA) is 81.2 Å². The first kappa shape index (κ1) is 20.4. The minimum atomic E-state index is -0.435. The van der Waals surface area contributed by atoms with Gasteiger partial charge in [-0.25, -0.2) is 0 Å². The molecule has 2 N–H and O–H groups in total. The third kappa shape index (κ3) is 3.79. The van der Waals surface area contributed by atoms with Crippen LogP contribution in [0.4, 0.5) is 17.2 Å². The highest BCUT2D eigenvalue weighted by Crippen LogP contribution is 2.48. The van der Waals surface area contributed by atoms with E-state index in [0.29, 0.717) is 5.16 Å². The number of rotatable bonds is 4. The molecule has 8 heteroatoms. The molecule has 5 rings (SSSR count). The maximum Gasteiger partial charge on any atom is 0.275 e. The summed E-state index contributed by atoms with van der Waals surface area (Å²) in [5, 5.41) is 0.377. The van der Waals surface area contributed by atoms with Gasteiger partial charge in [-0.2, -0.15) is 4.98 Å². The van der Waals surface area contributed by atoms with Crippen molar-refractivity contribution >= 4 is 46.6 Å². The molecule has 1 aliphatic rings. The molecule has 158 valence electrons. The first-order valence-corrected chi connectivity index (χ1v) is 11.7. The SMILES string of the molecule is Nc1cc(=O)nc(SCC(=O)N2c3ccccc3Sc3ccccc32)n1-c1ccccc1. The van der Waals surface area contributed by atoms with E-state index in [0.717, 1.165) is 26.9 Å². The highest BCUT2D eigenvalue weighted by atomic mass is 32.2. The fraction of sp³-hybridized carbons (Fsp3) is 0.0417. The summed E-state index contributed by atoms with van der Waals surface area (Å²) >= 11 is 2.84. The van der Waals surface area contributed by atoms with Gasteiger partial charge in [0.1, 0.15) is 5.82 Å². The fourth-order valence-corrected chi connectivity index (χ4v) is 5.51. The minimum Gasteiger partial charge on any atom is -0.385 e. The molecule has 0 aliphatic carbocycles. The van der Waals surface area contributed by atoms with E-state index >= 15 is 0 Å². The van der Waals surface area contributed by atoms with Crippen LogP contribution in [-0.4, -0.2) is 21.2 Å². The second kappa shape index (κ2) is 8.57. The quantitative estimate of drug-likeness (QED) is 0.352. The predicted molar refractivity (Wildman–Crippen MR) is 129 cm³/mol. The normalized spacial score (nSPS) is 12.2. The Morgan fingerprint density at radius 2 is 1.50 bits per heavy atom. The van der Waals surface area contributed by atoms with Gasteiger partial charge in [-0.1, -0.05) is 66.0 Å². The van der Waals surface area contributed by atoms with Gasteiger partial charge >= 0.3 is 0 Å². The highest BCUT2D eigenvalue weighted by Gasteiger charge is 2.28. The van der Waals surface area contributed by atoms with Gasteiger partial charge in [-0.05, 0) is 36.4 Å². The number of aromatic nitrogens is 2. The number of hydrogen-bond donors (Lipinski definition) is 1. The summed E-state index contributed by atoms with van der Waals surface area (Å²) in [6.45, 7) is 0. The molecule has 0 fully saturated rings. The maximum atomic E-state index is 13.5. The number of anilines is 3. The van der Waals surface area contributed by atoms with Crippen LogP contribution in [-0.2, 0) is 4.79 Å². The number of amides is 1. The Kier molecular flexibility index (Phi) is 5.46. The first-order valence-electron chi connectivity index (χ1n) is 9.88. The van der Waals surface area contributed by atoms with Crippen LogP contribution in [0.1, 0.15) is 0 Å². The zero-order valence-electron chi connectivity index (χ0n) is 16.8. The van der Waals surface area contributed by atoms with E-state index < -0.39 is 5.56 Å². The summed E-state index contributed by atoms with van der Waals surface area (Å²) in [6.07, 6.45) is 0. The van der Waals surface area contributed by atoms with Crippen LogP contribution in [0.3, 0.4) is 0 Å². The van der Waals surface area contributed by atoms with E-state index in [-0.39, 0.29) is 17.5 Å². The Morgan fingerprint density at radius 1 is 0.906 bits per heavy atom. The summed E-state index contributed by atoms with van der Waals surface area (Å²) in [4.78, 5) is 33.4. The molecule has 0 bridgehead atoms. The number of thioether (sulfide) groups is 1. The lowest BCUT2D eigenvalue weighted by molar-refractivity contribution is -0.115. The number of nitrogen functional groups attached to an aromatic ring is 1. The molecule has 32 heavy (non-hydrogen) atoms. The van der Waals surface area contributed by atoms with Crippen molar-refractivity contribution in [2.75, 3.05) is 16.4 Å². The molecule has 1 aliphatic heterocycles. The van der Waals surface area contributed by atoms with Crippen molar-refractivity contribution in [3.05, 3.63) is 95.3 Å². The average molecular weight is 459 g/mol. The van der Waals surface area contributed by atoms with Crippen LogP contribution in [0, 0.1) is 0 Å². The van der Waals surface area contributed by atoms with Crippen molar-refractivity contribution < 1.29 is 4.79 Å². The monoisotopic (exact) mass is 458 g/mol. The molecule has 1 aromatic heterocycles. The molecule has 0 saturated carbocycles. The van der Waals surface area contributed by atoms with Gasteiger partial charge in [0.05, 0.1) is 17.1 Å². The molecule has 1 amide bonds. The predicted octanol–water partition coefficient (Wildman–Crippen LogP) is 4.74. The van der Waals surface area contributed by atoms with Gasteiger partial charge in [0, 0.05) is 21.5 Å². The van der Waals surface area contributed by atoms with Crippen LogP contribution in [0.2, 0.25) is 0 Å². The van der Waals surface area contributed by atoms with Gasteiger partial charge in [-0.15, -0.1) is 0 Å². The number of para-hydroxylation sites is 3. The van der Waals surface area contributed by atoms with Crippen molar-refractivity contribution in [1.82, 2.24) is 9.55 Å². The second-order valence-electron chi connectivity index (χ2n) is 7.03. The van der Waals surface area contributed by atoms with Crippen LogP contribution < -0.4 is 16.2 Å². The largest absolute Gasteiger partial charge is 0.385 e. The van der Waals surface area contributed by atoms with Crippen LogP contribution in [0.25, 0.3) is 5.69 Å². The van der Waals surface area contributed by atoms with E-state index in [1.54, 1.807) is 21.2 Å². The molecule has 0 unspecified atom stereocenters. The number of carbonyl (C=O) groups excluding carboxylic acids is 1. The standard InChI is InChI=1S/C24H18N4O2S2/c25-21-14-22(29)26-24(27(21)16-8-2-1-3-9-16)31-15-23(30)28-17-10-4-6-12-19(17)32-20-13-7-5-11-18(20)28/h1-14H,15,25H2. The van der Waals surface area contributed by atoms with E-state index in [9.17, 15) is 9.59 Å². The van der Waals surface area contributed by atoms with E-state index in [2.05, 4.69) is 4.98 Å². The zero-order valence-corrected chi connectivity index (χ0v) is 18.5. The third-order valence-electron chi connectivity index (χ3n) is 4.95. The molecule has 0 atom stereocenters. The van der Waals surface area contributed by atoms with Crippen molar-refractivity contribution in [3.63, 3.8) is 0 Å². The van der Waals surface area contributed by atoms with Crippen LogP contribution >= 0.6 is 23.5 Å². The van der Waals surface area contributed by atoms with Gasteiger partial charge in [0.15, 0.2) is 5.16 Å². The molecule has 2 heterocycles. The van der Waals surface area contributed by atoms with E-state index in [1.807, 2.05) is 78.9 Å². The Morgan fingerprint density at radius 3 is 2.16 bits per heavy atom. The number of benzene rings is 3. The van der Waals surface area contributed by atoms with E-state index in [1.165, 1.54) is 17.8 Å². The van der Waals surface area contributed by atoms with Crippen molar-refractivity contribution in [2.24, 2.45) is 0 Å². The molecule has 4 aromatic rings. The number of hydrogen-bond acceptors (Lipinski definition) is 6. The van der Waals surface area contributed by atoms with Crippen LogP contribution in [0.15, 0.2) is 105 Å². The lowest BCUT2D eigenvalue weighted by Crippen LogP contribution is -2.30. The molecule has 3 aromatic carbocycles. The van der Waals surface area contributed by atoms with Crippen molar-refractivity contribution in [3.8, 4) is 5.69 Å². The fourth-order valence-electron chi connectivity index (χ4n) is 3.58. The Labute approximate surface area is 193 Å². The summed E-state index contributed by atoms with van der Waals surface area (Å²) < 4.78 is 1.69. The number of fused-ring (bicyclic) bond motifs is 2. The number of nitrogens with two attached hydrogens (primary N) is 1. The van der Waals surface area contributed by atoms with Gasteiger partial charge < -0.3 is 5.73 Å². The molecular weight excluding hydrogens is 440 g/mol. The smallest absolute Gasteiger partial charge is 0.275 e. The van der Waals surface area contributed by atoms with Crippen molar-refractivity contribution in [2.45, 2.75) is 14.9 Å². The van der Waals surface area contributed by atoms with Crippen molar-refractivity contribution in [1.29, 1.82) is 0 Å². The maximum absolute atomic E-state index is 13.5. The lowest BCUT2D eigenvalue weighted by Gasteiger charge is -2.31. The third-order valence-corrected chi connectivity index (χ3v) is 7.00. The molecule has 6 nitrogen and oxygen atoms in total. The second-order valence-corrected chi connectivity index (χ2v) is 9.05. The van der Waals surface area contributed by atoms with E-state index in [4.69, 9.17) is 5.73 Å². The number of nitrogens with zero attached hydrogens (tertiary/aromatic N) is 3. The Hall–Kier alpha value is -3.49. The molecule has 0 spiro atoms. The lowest BCUT2D eigenvalue weighted by atomic mass is 10.2. The summed E-state index contributed by atoms with van der Waals surface area (Å²) in [7, 11) is 0. The van der Waals surface area contributed by atoms with Gasteiger partial charge in [-0.3, -0.25) is 19.1 Å². The number of carbonyl (C=O) groups is 1. The minimum absolute atomic E-state index is 0.0933. The zero-order chi connectivity index (χ0) is 22.1. The molecular formula is C24H18N4O2S2. The van der Waals surface area contributed by atoms with Gasteiger partial charge in [0.2, 0.25) is 5.91 Å². The van der Waals surface area contributed by atoms with Crippen LogP contribution in [0.5, 0.6) is 0 Å². The summed E-state index contributed by atoms with van der Waals surface area (Å²) in [5.41, 5.74) is 8.18. The first-order chi connectivity index (χ1) is 15.6. The molecule has 0 radical (unpaired) electrons. The summed E-state index contributed by atoms with van der Waals surface area (Å²) in [5.74, 6) is 0.262. The molecule has 0 saturated heterocycles. The average Bonchev–Trinajstić information content (AvgIpc) is 2.81. The Balaban J connectivity index is 1.49. The summed E-state index contributed by atoms with van der Waals surface area (Å²) in [6, 6.07) is 26.4.